The van der Waals surface area contributed by atoms with Crippen molar-refractivity contribution in [1.82, 2.24) is 0 Å². The Labute approximate surface area is 229 Å². The lowest BCUT2D eigenvalue weighted by molar-refractivity contribution is -0.122. The highest BCUT2D eigenvalue weighted by Gasteiger charge is 2.57. The van der Waals surface area contributed by atoms with Gasteiger partial charge in [0.05, 0.1) is 30.2 Å². The SMILES string of the molecule is CCC/C(=C\c1ccc(CO)o1)CC[C@H]1OC[C@H]2C1=C(CC)C[C@H]1C(=O)N(c3cccc(B(O)O)c3)C(=O)[C@H]12. The van der Waals surface area contributed by atoms with Gasteiger partial charge in [-0.05, 0) is 73.5 Å². The van der Waals surface area contributed by atoms with Crippen LogP contribution in [0.3, 0.4) is 0 Å². The molecule has 2 saturated heterocycles. The molecule has 8 nitrogen and oxygen atoms in total. The van der Waals surface area contributed by atoms with E-state index in [0.29, 0.717) is 24.5 Å². The molecule has 1 aliphatic carbocycles. The van der Waals surface area contributed by atoms with Gasteiger partial charge in [0, 0.05) is 5.92 Å². The van der Waals surface area contributed by atoms with Crippen molar-refractivity contribution in [3.8, 4) is 0 Å². The topological polar surface area (TPSA) is 120 Å². The molecule has 206 valence electrons. The number of carbonyl (C=O) groups is 2. The average Bonchev–Trinajstić information content (AvgIpc) is 3.63. The Morgan fingerprint density at radius 2 is 1.92 bits per heavy atom. The van der Waals surface area contributed by atoms with Gasteiger partial charge in [0.25, 0.3) is 0 Å². The van der Waals surface area contributed by atoms with Crippen LogP contribution in [-0.2, 0) is 20.9 Å². The van der Waals surface area contributed by atoms with Crippen LogP contribution in [0.1, 0.15) is 63.9 Å². The van der Waals surface area contributed by atoms with E-state index in [-0.39, 0.29) is 35.9 Å². The van der Waals surface area contributed by atoms with Gasteiger partial charge in [-0.25, -0.2) is 0 Å². The van der Waals surface area contributed by atoms with Gasteiger partial charge in [-0.3, -0.25) is 14.5 Å². The van der Waals surface area contributed by atoms with Crippen molar-refractivity contribution >= 4 is 36.2 Å². The lowest BCUT2D eigenvalue weighted by Crippen LogP contribution is -2.35. The van der Waals surface area contributed by atoms with E-state index in [1.54, 1.807) is 24.3 Å². The average molecular weight is 533 g/mol. The summed E-state index contributed by atoms with van der Waals surface area (Å²) in [5.41, 5.74) is 4.26. The van der Waals surface area contributed by atoms with E-state index in [0.717, 1.165) is 37.9 Å². The Morgan fingerprint density at radius 3 is 2.62 bits per heavy atom. The third kappa shape index (κ3) is 5.28. The third-order valence-corrected chi connectivity index (χ3v) is 8.34. The van der Waals surface area contributed by atoms with Crippen LogP contribution >= 0.6 is 0 Å². The van der Waals surface area contributed by atoms with Crippen LogP contribution in [0.2, 0.25) is 0 Å². The first-order valence-corrected chi connectivity index (χ1v) is 13.9. The maximum absolute atomic E-state index is 13.7. The van der Waals surface area contributed by atoms with Crippen molar-refractivity contribution in [1.29, 1.82) is 0 Å². The molecule has 0 bridgehead atoms. The van der Waals surface area contributed by atoms with E-state index in [1.807, 2.05) is 6.07 Å². The van der Waals surface area contributed by atoms with E-state index in [1.165, 1.54) is 27.7 Å². The van der Waals surface area contributed by atoms with Crippen molar-refractivity contribution < 1.29 is 33.9 Å². The van der Waals surface area contributed by atoms with Gasteiger partial charge in [0.2, 0.25) is 11.8 Å². The normalized spacial score (nSPS) is 24.9. The predicted octanol–water partition coefficient (Wildman–Crippen LogP) is 3.35. The molecule has 5 rings (SSSR count). The fourth-order valence-corrected chi connectivity index (χ4v) is 6.56. The summed E-state index contributed by atoms with van der Waals surface area (Å²) < 4.78 is 12.0. The molecule has 0 unspecified atom stereocenters. The summed E-state index contributed by atoms with van der Waals surface area (Å²) in [6.07, 6.45) is 6.84. The molecule has 39 heavy (non-hydrogen) atoms. The number of aliphatic hydroxyl groups is 1. The zero-order valence-electron chi connectivity index (χ0n) is 22.5. The van der Waals surface area contributed by atoms with Crippen LogP contribution in [0, 0.1) is 17.8 Å². The highest BCUT2D eigenvalue weighted by molar-refractivity contribution is 6.58. The Bertz CT molecular complexity index is 1300. The number of carbonyl (C=O) groups excluding carboxylic acids is 2. The molecule has 2 fully saturated rings. The molecule has 0 saturated carbocycles. The fraction of sp³-hybridized carbons (Fsp3) is 0.467. The first-order chi connectivity index (χ1) is 18.9. The Morgan fingerprint density at radius 1 is 1.10 bits per heavy atom. The van der Waals surface area contributed by atoms with Crippen LogP contribution in [0.25, 0.3) is 6.08 Å². The third-order valence-electron chi connectivity index (χ3n) is 8.34. The molecule has 3 aliphatic rings. The van der Waals surface area contributed by atoms with Crippen molar-refractivity contribution in [3.63, 3.8) is 0 Å². The predicted molar refractivity (Wildman–Crippen MR) is 148 cm³/mol. The Balaban J connectivity index is 1.36. The fourth-order valence-electron chi connectivity index (χ4n) is 6.56. The number of anilines is 1. The summed E-state index contributed by atoms with van der Waals surface area (Å²) in [5.74, 6) is -0.222. The number of ether oxygens (including phenoxy) is 1. The summed E-state index contributed by atoms with van der Waals surface area (Å²) in [7, 11) is -1.68. The Hall–Kier alpha value is -2.98. The second kappa shape index (κ2) is 11.6. The smallest absolute Gasteiger partial charge is 0.459 e. The maximum atomic E-state index is 13.7. The largest absolute Gasteiger partial charge is 0.488 e. The quantitative estimate of drug-likeness (QED) is 0.243. The summed E-state index contributed by atoms with van der Waals surface area (Å²) in [6.45, 7) is 4.52. The minimum atomic E-state index is -1.68. The van der Waals surface area contributed by atoms with E-state index in [2.05, 4.69) is 19.9 Å². The van der Waals surface area contributed by atoms with Crippen molar-refractivity contribution in [3.05, 3.63) is 64.6 Å². The van der Waals surface area contributed by atoms with Gasteiger partial charge in [-0.15, -0.1) is 0 Å². The van der Waals surface area contributed by atoms with Gasteiger partial charge in [-0.1, -0.05) is 43.5 Å². The number of hydrogen-bond acceptors (Lipinski definition) is 7. The number of furan rings is 1. The molecule has 1 aromatic carbocycles. The second-order valence-corrected chi connectivity index (χ2v) is 10.7. The molecule has 2 aliphatic heterocycles. The molecule has 3 N–H and O–H groups in total. The Kier molecular flexibility index (Phi) is 8.23. The minimum absolute atomic E-state index is 0.0967. The highest BCUT2D eigenvalue weighted by Crippen LogP contribution is 2.51. The van der Waals surface area contributed by atoms with Gasteiger partial charge in [0.15, 0.2) is 0 Å². The van der Waals surface area contributed by atoms with Crippen molar-refractivity contribution in [2.45, 2.75) is 65.1 Å². The van der Waals surface area contributed by atoms with Crippen LogP contribution in [0.4, 0.5) is 5.69 Å². The molecule has 1 aromatic heterocycles. The minimum Gasteiger partial charge on any atom is -0.459 e. The molecular weight excluding hydrogens is 497 g/mol. The number of nitrogens with zero attached hydrogens (tertiary/aromatic N) is 1. The molecule has 2 amide bonds. The maximum Gasteiger partial charge on any atom is 0.488 e. The number of hydrogen-bond donors (Lipinski definition) is 3. The summed E-state index contributed by atoms with van der Waals surface area (Å²) in [5, 5.41) is 28.5. The molecule has 9 heteroatoms. The monoisotopic (exact) mass is 533 g/mol. The van der Waals surface area contributed by atoms with E-state index in [4.69, 9.17) is 9.15 Å². The number of rotatable bonds is 10. The van der Waals surface area contributed by atoms with E-state index >= 15 is 0 Å². The molecular formula is C30H36BNO7. The zero-order valence-corrected chi connectivity index (χ0v) is 22.5. The number of aliphatic hydroxyl groups excluding tert-OH is 1. The number of fused-ring (bicyclic) bond motifs is 3. The van der Waals surface area contributed by atoms with Crippen molar-refractivity contribution in [2.24, 2.45) is 17.8 Å². The van der Waals surface area contributed by atoms with Gasteiger partial charge < -0.3 is 24.3 Å². The molecule has 0 spiro atoms. The van der Waals surface area contributed by atoms with Crippen molar-refractivity contribution in [2.75, 3.05) is 11.5 Å². The van der Waals surface area contributed by atoms with Crippen LogP contribution in [0.15, 0.2) is 57.5 Å². The highest BCUT2D eigenvalue weighted by atomic mass is 16.5. The van der Waals surface area contributed by atoms with E-state index in [9.17, 15) is 24.7 Å². The van der Waals surface area contributed by atoms with Crippen LogP contribution < -0.4 is 10.4 Å². The molecule has 0 radical (unpaired) electrons. The molecule has 2 aromatic rings. The van der Waals surface area contributed by atoms with Crippen LogP contribution in [0.5, 0.6) is 0 Å². The summed E-state index contributed by atoms with van der Waals surface area (Å²) in [6, 6.07) is 9.97. The number of imide groups is 1. The van der Waals surface area contributed by atoms with Gasteiger partial charge in [-0.2, -0.15) is 0 Å². The van der Waals surface area contributed by atoms with E-state index < -0.39 is 19.0 Å². The second-order valence-electron chi connectivity index (χ2n) is 10.7. The molecule has 3 heterocycles. The lowest BCUT2D eigenvalue weighted by atomic mass is 9.69. The van der Waals surface area contributed by atoms with Crippen LogP contribution in [-0.4, -0.2) is 46.8 Å². The summed E-state index contributed by atoms with van der Waals surface area (Å²) in [4.78, 5) is 28.5. The number of amides is 2. The zero-order chi connectivity index (χ0) is 27.7. The molecule has 4 atom stereocenters. The standard InChI is InChI=1S/C30H36BNO7/c1-3-6-18(13-22-10-11-23(16-33)39-22)9-12-26-27-19(4-2)14-24-28(25(27)17-38-26)30(35)32(29(24)34)21-8-5-7-20(15-21)31(36)37/h5,7-8,10-11,13,15,24-26,28,33,36-37H,3-4,6,9,12,14,16-17H2,1-2H3/b18-13+/t24-,25+,26-,28-/m1/s1. The summed E-state index contributed by atoms with van der Waals surface area (Å²) >= 11 is 0. The first-order valence-electron chi connectivity index (χ1n) is 13.9. The number of allylic oxidation sites excluding steroid dienone is 2. The lowest BCUT2D eigenvalue weighted by Gasteiger charge is -2.31. The van der Waals surface area contributed by atoms with Gasteiger partial charge >= 0.3 is 7.12 Å². The first kappa shape index (κ1) is 27.6. The van der Waals surface area contributed by atoms with Gasteiger partial charge in [0.1, 0.15) is 18.1 Å². The number of benzene rings is 1.